The molecule has 0 saturated heterocycles. The summed E-state index contributed by atoms with van der Waals surface area (Å²) in [7, 11) is -3.22. The summed E-state index contributed by atoms with van der Waals surface area (Å²) in [5.74, 6) is 0.0327. The van der Waals surface area contributed by atoms with Crippen molar-refractivity contribution in [2.24, 2.45) is 0 Å². The van der Waals surface area contributed by atoms with Crippen molar-refractivity contribution in [1.82, 2.24) is 0 Å². The van der Waals surface area contributed by atoms with E-state index in [1.54, 1.807) is 19.1 Å². The summed E-state index contributed by atoms with van der Waals surface area (Å²) in [6, 6.07) is 16.1. The highest BCUT2D eigenvalue weighted by atomic mass is 32.2. The number of rotatable bonds is 5. The van der Waals surface area contributed by atoms with Gasteiger partial charge in [-0.2, -0.15) is 0 Å². The van der Waals surface area contributed by atoms with Crippen molar-refractivity contribution < 1.29 is 13.2 Å². The van der Waals surface area contributed by atoms with Crippen LogP contribution >= 0.6 is 0 Å². The predicted octanol–water partition coefficient (Wildman–Crippen LogP) is 3.15. The molecule has 1 N–H and O–H groups in total. The van der Waals surface area contributed by atoms with E-state index in [2.05, 4.69) is 5.32 Å². The fourth-order valence-electron chi connectivity index (χ4n) is 2.69. The van der Waals surface area contributed by atoms with E-state index in [-0.39, 0.29) is 16.6 Å². The average molecular weight is 329 g/mol. The SMILES string of the molecule is CCS(=O)(=O)c1ccc(NC(=O)C2(c3ccccc3)CC2)cc1. The maximum atomic E-state index is 12.6. The molecule has 1 saturated carbocycles. The van der Waals surface area contributed by atoms with Gasteiger partial charge in [-0.3, -0.25) is 4.79 Å². The van der Waals surface area contributed by atoms with Crippen LogP contribution in [0, 0.1) is 0 Å². The van der Waals surface area contributed by atoms with Crippen LogP contribution < -0.4 is 5.32 Å². The van der Waals surface area contributed by atoms with E-state index in [4.69, 9.17) is 0 Å². The molecule has 23 heavy (non-hydrogen) atoms. The van der Waals surface area contributed by atoms with E-state index in [1.807, 2.05) is 30.3 Å². The summed E-state index contributed by atoms with van der Waals surface area (Å²) in [4.78, 5) is 12.9. The van der Waals surface area contributed by atoms with Crippen LogP contribution in [0.15, 0.2) is 59.5 Å². The summed E-state index contributed by atoms with van der Waals surface area (Å²) < 4.78 is 23.6. The van der Waals surface area contributed by atoms with Gasteiger partial charge in [-0.15, -0.1) is 0 Å². The van der Waals surface area contributed by atoms with Gasteiger partial charge in [-0.1, -0.05) is 37.3 Å². The third-order valence-corrected chi connectivity index (χ3v) is 6.11. The van der Waals surface area contributed by atoms with Gasteiger partial charge in [-0.05, 0) is 42.7 Å². The van der Waals surface area contributed by atoms with Crippen molar-refractivity contribution in [1.29, 1.82) is 0 Å². The molecule has 0 radical (unpaired) electrons. The lowest BCUT2D eigenvalue weighted by atomic mass is 9.95. The molecule has 0 aliphatic heterocycles. The highest BCUT2D eigenvalue weighted by molar-refractivity contribution is 7.91. The van der Waals surface area contributed by atoms with Gasteiger partial charge in [-0.25, -0.2) is 8.42 Å². The smallest absolute Gasteiger partial charge is 0.235 e. The van der Waals surface area contributed by atoms with Crippen LogP contribution in [0.4, 0.5) is 5.69 Å². The summed E-state index contributed by atoms with van der Waals surface area (Å²) >= 11 is 0. The maximum Gasteiger partial charge on any atom is 0.235 e. The zero-order chi connectivity index (χ0) is 16.5. The molecule has 4 nitrogen and oxygen atoms in total. The lowest BCUT2D eigenvalue weighted by molar-refractivity contribution is -0.118. The molecule has 2 aromatic rings. The standard InChI is InChI=1S/C18H19NO3S/c1-2-23(21,22)16-10-8-15(9-11-16)19-17(20)18(12-13-18)14-6-4-3-5-7-14/h3-11H,2,12-13H2,1H3,(H,19,20). The molecule has 1 fully saturated rings. The summed E-state index contributed by atoms with van der Waals surface area (Å²) in [5.41, 5.74) is 1.21. The fourth-order valence-corrected chi connectivity index (χ4v) is 3.58. The van der Waals surface area contributed by atoms with Crippen molar-refractivity contribution >= 4 is 21.4 Å². The molecule has 5 heteroatoms. The third kappa shape index (κ3) is 3.01. The minimum Gasteiger partial charge on any atom is -0.325 e. The Morgan fingerprint density at radius 3 is 2.17 bits per heavy atom. The molecule has 0 bridgehead atoms. The predicted molar refractivity (Wildman–Crippen MR) is 90.2 cm³/mol. The number of sulfone groups is 1. The van der Waals surface area contributed by atoms with Crippen LogP contribution in [-0.2, 0) is 20.0 Å². The number of hydrogen-bond donors (Lipinski definition) is 1. The molecule has 0 heterocycles. The number of carbonyl (C=O) groups is 1. The van der Waals surface area contributed by atoms with E-state index in [0.717, 1.165) is 18.4 Å². The molecule has 0 aromatic heterocycles. The number of anilines is 1. The molecule has 2 aromatic carbocycles. The van der Waals surface area contributed by atoms with Gasteiger partial charge < -0.3 is 5.32 Å². The zero-order valence-electron chi connectivity index (χ0n) is 13.0. The molecule has 1 aliphatic carbocycles. The molecule has 0 spiro atoms. The Bertz CT molecular complexity index is 807. The molecule has 1 amide bonds. The highest BCUT2D eigenvalue weighted by Crippen LogP contribution is 2.48. The second kappa shape index (κ2) is 5.81. The fraction of sp³-hybridized carbons (Fsp3) is 0.278. The Morgan fingerprint density at radius 1 is 1.04 bits per heavy atom. The highest BCUT2D eigenvalue weighted by Gasteiger charge is 2.51. The second-order valence-corrected chi connectivity index (χ2v) is 8.11. The van der Waals surface area contributed by atoms with Crippen LogP contribution in [-0.4, -0.2) is 20.1 Å². The van der Waals surface area contributed by atoms with Gasteiger partial charge in [0, 0.05) is 5.69 Å². The van der Waals surface area contributed by atoms with E-state index in [1.165, 1.54) is 12.1 Å². The average Bonchev–Trinajstić information content (AvgIpc) is 3.38. The largest absolute Gasteiger partial charge is 0.325 e. The summed E-state index contributed by atoms with van der Waals surface area (Å²) in [6.07, 6.45) is 1.68. The van der Waals surface area contributed by atoms with Gasteiger partial charge in [0.15, 0.2) is 9.84 Å². The van der Waals surface area contributed by atoms with Crippen LogP contribution in [0.3, 0.4) is 0 Å². The number of nitrogens with one attached hydrogen (secondary N) is 1. The molecular weight excluding hydrogens is 310 g/mol. The first kappa shape index (κ1) is 15.7. The van der Waals surface area contributed by atoms with Crippen LogP contribution in [0.25, 0.3) is 0 Å². The number of hydrogen-bond acceptors (Lipinski definition) is 3. The van der Waals surface area contributed by atoms with Crippen molar-refractivity contribution in [3.05, 3.63) is 60.2 Å². The quantitative estimate of drug-likeness (QED) is 0.916. The lowest BCUT2D eigenvalue weighted by Gasteiger charge is -2.16. The van der Waals surface area contributed by atoms with Gasteiger partial charge in [0.2, 0.25) is 5.91 Å². The van der Waals surface area contributed by atoms with Crippen molar-refractivity contribution in [3.8, 4) is 0 Å². The van der Waals surface area contributed by atoms with Crippen molar-refractivity contribution in [3.63, 3.8) is 0 Å². The summed E-state index contributed by atoms with van der Waals surface area (Å²) in [5, 5.41) is 2.91. The normalized spacial score (nSPS) is 15.9. The van der Waals surface area contributed by atoms with Gasteiger partial charge in [0.05, 0.1) is 16.1 Å². The topological polar surface area (TPSA) is 63.2 Å². The Hall–Kier alpha value is -2.14. The molecule has 120 valence electrons. The molecular formula is C18H19NO3S. The Kier molecular flexibility index (Phi) is 3.98. The van der Waals surface area contributed by atoms with E-state index < -0.39 is 15.3 Å². The maximum absolute atomic E-state index is 12.6. The number of benzene rings is 2. The molecule has 1 aliphatic rings. The second-order valence-electron chi connectivity index (χ2n) is 5.83. The van der Waals surface area contributed by atoms with Crippen LogP contribution in [0.5, 0.6) is 0 Å². The minimum absolute atomic E-state index is 0.0326. The minimum atomic E-state index is -3.22. The van der Waals surface area contributed by atoms with E-state index in [0.29, 0.717) is 5.69 Å². The Morgan fingerprint density at radius 2 is 1.65 bits per heavy atom. The first-order chi connectivity index (χ1) is 11.0. The number of amides is 1. The first-order valence-electron chi connectivity index (χ1n) is 7.68. The Labute approximate surface area is 136 Å². The molecule has 0 atom stereocenters. The van der Waals surface area contributed by atoms with E-state index in [9.17, 15) is 13.2 Å². The molecule has 0 unspecified atom stereocenters. The third-order valence-electron chi connectivity index (χ3n) is 4.36. The van der Waals surface area contributed by atoms with Crippen LogP contribution in [0.1, 0.15) is 25.3 Å². The first-order valence-corrected chi connectivity index (χ1v) is 9.33. The molecule has 3 rings (SSSR count). The summed E-state index contributed by atoms with van der Waals surface area (Å²) in [6.45, 7) is 1.61. The van der Waals surface area contributed by atoms with Gasteiger partial charge in [0.25, 0.3) is 0 Å². The zero-order valence-corrected chi connectivity index (χ0v) is 13.8. The van der Waals surface area contributed by atoms with Crippen molar-refractivity contribution in [2.75, 3.05) is 11.1 Å². The lowest BCUT2D eigenvalue weighted by Crippen LogP contribution is -2.27. The van der Waals surface area contributed by atoms with Crippen LogP contribution in [0.2, 0.25) is 0 Å². The van der Waals surface area contributed by atoms with E-state index >= 15 is 0 Å². The van der Waals surface area contributed by atoms with Crippen molar-refractivity contribution in [2.45, 2.75) is 30.1 Å². The monoisotopic (exact) mass is 329 g/mol. The number of carbonyl (C=O) groups excluding carboxylic acids is 1. The van der Waals surface area contributed by atoms with Gasteiger partial charge >= 0.3 is 0 Å². The Balaban J connectivity index is 1.77. The van der Waals surface area contributed by atoms with Gasteiger partial charge in [0.1, 0.15) is 0 Å².